The van der Waals surface area contributed by atoms with Gasteiger partial charge >= 0.3 is 5.82 Å². The molecule has 0 aliphatic heterocycles. The lowest BCUT2D eigenvalue weighted by Crippen LogP contribution is -2.43. The molecule has 106 valence electrons. The van der Waals surface area contributed by atoms with Crippen molar-refractivity contribution >= 4 is 0 Å². The smallest absolute Gasteiger partial charge is 0.192 e. The SMILES string of the molecule is N#Cc1cccc(-n2nc(C#N)n[n+]2-c2cccc(C#N)c2)c1. The molecule has 0 atom stereocenters. The first kappa shape index (κ1) is 13.9. The zero-order valence-electron chi connectivity index (χ0n) is 11.7. The molecule has 1 aromatic heterocycles. The van der Waals surface area contributed by atoms with Crippen molar-refractivity contribution in [2.24, 2.45) is 0 Å². The van der Waals surface area contributed by atoms with Crippen molar-refractivity contribution in [1.82, 2.24) is 15.0 Å². The molecule has 23 heavy (non-hydrogen) atoms. The van der Waals surface area contributed by atoms with Crippen molar-refractivity contribution < 1.29 is 4.80 Å². The van der Waals surface area contributed by atoms with E-state index in [1.807, 2.05) is 6.07 Å². The third-order valence-electron chi connectivity index (χ3n) is 3.07. The van der Waals surface area contributed by atoms with E-state index in [-0.39, 0.29) is 5.82 Å². The van der Waals surface area contributed by atoms with E-state index in [1.54, 1.807) is 48.5 Å². The van der Waals surface area contributed by atoms with E-state index in [4.69, 9.17) is 15.8 Å². The van der Waals surface area contributed by atoms with Crippen LogP contribution in [0.1, 0.15) is 17.0 Å². The van der Waals surface area contributed by atoms with Gasteiger partial charge in [0.2, 0.25) is 0 Å². The maximum absolute atomic E-state index is 9.06. The van der Waals surface area contributed by atoms with Gasteiger partial charge in [0.15, 0.2) is 11.8 Å². The zero-order chi connectivity index (χ0) is 16.2. The number of rotatable bonds is 2. The molecule has 0 N–H and O–H groups in total. The minimum atomic E-state index is -0.0188. The number of benzene rings is 2. The van der Waals surface area contributed by atoms with Crippen LogP contribution in [0.25, 0.3) is 11.4 Å². The monoisotopic (exact) mass is 298 g/mol. The summed E-state index contributed by atoms with van der Waals surface area (Å²) in [5.41, 5.74) is 2.10. The summed E-state index contributed by atoms with van der Waals surface area (Å²) in [7, 11) is 0. The highest BCUT2D eigenvalue weighted by Gasteiger charge is 2.22. The van der Waals surface area contributed by atoms with Crippen LogP contribution in [0.4, 0.5) is 0 Å². The molecule has 7 heteroatoms. The van der Waals surface area contributed by atoms with E-state index in [0.29, 0.717) is 22.5 Å². The van der Waals surface area contributed by atoms with Gasteiger partial charge in [0, 0.05) is 16.0 Å². The van der Waals surface area contributed by atoms with E-state index in [9.17, 15) is 0 Å². The van der Waals surface area contributed by atoms with Crippen molar-refractivity contribution in [1.29, 1.82) is 15.8 Å². The summed E-state index contributed by atoms with van der Waals surface area (Å²) in [6.07, 6.45) is 0. The largest absolute Gasteiger partial charge is 0.409 e. The van der Waals surface area contributed by atoms with E-state index in [2.05, 4.69) is 22.3 Å². The highest BCUT2D eigenvalue weighted by atomic mass is 15.7. The Balaban J connectivity index is 2.22. The first-order valence-electron chi connectivity index (χ1n) is 6.56. The second kappa shape index (κ2) is 5.77. The van der Waals surface area contributed by atoms with Crippen molar-refractivity contribution in [3.63, 3.8) is 0 Å². The Morgan fingerprint density at radius 3 is 2.26 bits per heavy atom. The third kappa shape index (κ3) is 2.61. The molecule has 0 fully saturated rings. The van der Waals surface area contributed by atoms with E-state index in [0.717, 1.165) is 0 Å². The Hall–Kier alpha value is -4.02. The number of nitrogens with zero attached hydrogens (tertiary/aromatic N) is 7. The summed E-state index contributed by atoms with van der Waals surface area (Å²) >= 11 is 0. The lowest BCUT2D eigenvalue weighted by Gasteiger charge is -2.00. The summed E-state index contributed by atoms with van der Waals surface area (Å²) in [5, 5.41) is 35.4. The summed E-state index contributed by atoms with van der Waals surface area (Å²) in [5.74, 6) is -0.0188. The number of hydrogen-bond acceptors (Lipinski definition) is 5. The highest BCUT2D eigenvalue weighted by molar-refractivity contribution is 5.40. The quantitative estimate of drug-likeness (QED) is 0.660. The van der Waals surface area contributed by atoms with Crippen LogP contribution in [0.5, 0.6) is 0 Å². The van der Waals surface area contributed by atoms with Crippen LogP contribution in [-0.4, -0.2) is 15.0 Å². The first-order valence-corrected chi connectivity index (χ1v) is 6.56. The molecular formula is C16H8N7+. The molecule has 1 heterocycles. The molecule has 2 aromatic carbocycles. The fourth-order valence-electron chi connectivity index (χ4n) is 2.06. The van der Waals surface area contributed by atoms with Gasteiger partial charge in [-0.05, 0) is 35.1 Å². The second-order valence-corrected chi connectivity index (χ2v) is 4.54. The van der Waals surface area contributed by atoms with Gasteiger partial charge in [-0.15, -0.1) is 0 Å². The lowest BCUT2D eigenvalue weighted by molar-refractivity contribution is -0.735. The minimum absolute atomic E-state index is 0.0188. The zero-order valence-corrected chi connectivity index (χ0v) is 11.7. The summed E-state index contributed by atoms with van der Waals surface area (Å²) in [4.78, 5) is 2.83. The van der Waals surface area contributed by atoms with Gasteiger partial charge in [-0.3, -0.25) is 0 Å². The molecule has 7 nitrogen and oxygen atoms in total. The third-order valence-corrected chi connectivity index (χ3v) is 3.07. The van der Waals surface area contributed by atoms with Gasteiger partial charge in [-0.1, -0.05) is 12.1 Å². The van der Waals surface area contributed by atoms with Crippen LogP contribution in [0.3, 0.4) is 0 Å². The molecule has 0 unspecified atom stereocenters. The molecule has 0 spiro atoms. The molecule has 0 saturated heterocycles. The Kier molecular flexibility index (Phi) is 3.50. The van der Waals surface area contributed by atoms with Gasteiger partial charge < -0.3 is 0 Å². The Morgan fingerprint density at radius 2 is 1.57 bits per heavy atom. The first-order chi connectivity index (χ1) is 11.2. The number of aromatic nitrogens is 4. The van der Waals surface area contributed by atoms with Crippen molar-refractivity contribution in [3.05, 3.63) is 65.5 Å². The normalized spacial score (nSPS) is 9.61. The highest BCUT2D eigenvalue weighted by Crippen LogP contribution is 2.09. The van der Waals surface area contributed by atoms with E-state index in [1.165, 1.54) is 9.59 Å². The molecule has 3 aromatic rings. The number of nitriles is 3. The Morgan fingerprint density at radius 1 is 0.870 bits per heavy atom. The van der Waals surface area contributed by atoms with Gasteiger partial charge in [-0.2, -0.15) is 15.8 Å². The standard InChI is InChI=1S/C16H8N7/c17-9-12-3-1-5-14(7-12)22-20-16(11-19)21-23(22)15-6-2-4-13(8-15)10-18/h1-8H/q+1. The molecule has 0 amide bonds. The van der Waals surface area contributed by atoms with Crippen LogP contribution in [0.15, 0.2) is 48.5 Å². The lowest BCUT2D eigenvalue weighted by atomic mass is 10.2. The van der Waals surface area contributed by atoms with Gasteiger partial charge in [-0.25, -0.2) is 0 Å². The average molecular weight is 298 g/mol. The van der Waals surface area contributed by atoms with Crippen LogP contribution >= 0.6 is 0 Å². The molecule has 3 rings (SSSR count). The molecule has 0 aliphatic carbocycles. The van der Waals surface area contributed by atoms with Crippen LogP contribution < -0.4 is 4.80 Å². The Labute approximate surface area is 131 Å². The second-order valence-electron chi connectivity index (χ2n) is 4.54. The fourth-order valence-corrected chi connectivity index (χ4v) is 2.06. The van der Waals surface area contributed by atoms with Gasteiger partial charge in [0.1, 0.15) is 5.69 Å². The van der Waals surface area contributed by atoms with E-state index < -0.39 is 0 Å². The topological polar surface area (TPSA) is 106 Å². The van der Waals surface area contributed by atoms with Crippen LogP contribution in [0, 0.1) is 34.0 Å². The average Bonchev–Trinajstić information content (AvgIpc) is 3.06. The van der Waals surface area contributed by atoms with Gasteiger partial charge in [0.25, 0.3) is 0 Å². The van der Waals surface area contributed by atoms with Crippen molar-refractivity contribution in [3.8, 4) is 29.6 Å². The molecule has 0 saturated carbocycles. The summed E-state index contributed by atoms with van der Waals surface area (Å²) < 4.78 is 0. The fraction of sp³-hybridized carbons (Fsp3) is 0. The summed E-state index contributed by atoms with van der Waals surface area (Å²) in [6, 6.07) is 19.6. The molecule has 0 aliphatic rings. The molecule has 0 bridgehead atoms. The maximum atomic E-state index is 9.06. The summed E-state index contributed by atoms with van der Waals surface area (Å²) in [6.45, 7) is 0. The van der Waals surface area contributed by atoms with Crippen molar-refractivity contribution in [2.75, 3.05) is 0 Å². The Bertz CT molecular complexity index is 937. The minimum Gasteiger partial charge on any atom is -0.192 e. The predicted octanol–water partition coefficient (Wildman–Crippen LogP) is 1.16. The predicted molar refractivity (Wildman–Crippen MR) is 77.0 cm³/mol. The molecule has 0 radical (unpaired) electrons. The van der Waals surface area contributed by atoms with E-state index >= 15 is 0 Å². The number of tetrazole rings is 1. The van der Waals surface area contributed by atoms with Gasteiger partial charge in [0.05, 0.1) is 28.4 Å². The van der Waals surface area contributed by atoms with Crippen LogP contribution in [0.2, 0.25) is 0 Å². The number of hydrogen-bond donors (Lipinski definition) is 0. The van der Waals surface area contributed by atoms with Crippen LogP contribution in [-0.2, 0) is 0 Å². The molecular weight excluding hydrogens is 290 g/mol. The maximum Gasteiger partial charge on any atom is 0.409 e. The van der Waals surface area contributed by atoms with Crippen molar-refractivity contribution in [2.45, 2.75) is 0 Å².